The second-order valence-corrected chi connectivity index (χ2v) is 5.97. The minimum atomic E-state index is -4.31. The van der Waals surface area contributed by atoms with Crippen LogP contribution in [-0.4, -0.2) is 25.7 Å². The van der Waals surface area contributed by atoms with E-state index < -0.39 is 11.7 Å². The van der Waals surface area contributed by atoms with Gasteiger partial charge in [-0.3, -0.25) is 0 Å². The second-order valence-electron chi connectivity index (χ2n) is 5.05. The zero-order chi connectivity index (χ0) is 14.8. The van der Waals surface area contributed by atoms with Crippen molar-refractivity contribution < 1.29 is 13.2 Å². The Morgan fingerprint density at radius 3 is 2.75 bits per heavy atom. The summed E-state index contributed by atoms with van der Waals surface area (Å²) in [5.41, 5.74) is 0.0287. The number of halogens is 4. The van der Waals surface area contributed by atoms with Crippen molar-refractivity contribution in [2.45, 2.75) is 32.0 Å². The molecular formula is C14H18BrF3N2. The number of nitrogens with zero attached hydrogens (tertiary/aromatic N) is 1. The first-order valence-corrected chi connectivity index (χ1v) is 7.55. The van der Waals surface area contributed by atoms with Crippen LogP contribution in [0.3, 0.4) is 0 Å². The third kappa shape index (κ3) is 3.88. The van der Waals surface area contributed by atoms with E-state index in [0.717, 1.165) is 38.5 Å². The minimum absolute atomic E-state index is 0.325. The van der Waals surface area contributed by atoms with Crippen LogP contribution in [0.1, 0.15) is 25.3 Å². The topological polar surface area (TPSA) is 15.3 Å². The highest BCUT2D eigenvalue weighted by Crippen LogP contribution is 2.34. The molecule has 0 radical (unpaired) electrons. The smallest absolute Gasteiger partial charge is 0.370 e. The predicted molar refractivity (Wildman–Crippen MR) is 78.1 cm³/mol. The predicted octanol–water partition coefficient (Wildman–Crippen LogP) is 4.05. The van der Waals surface area contributed by atoms with Crippen LogP contribution >= 0.6 is 15.9 Å². The number of hydrogen-bond donors (Lipinski definition) is 1. The molecule has 1 aromatic carbocycles. The van der Waals surface area contributed by atoms with E-state index in [4.69, 9.17) is 0 Å². The normalized spacial score (nSPS) is 20.9. The fraction of sp³-hybridized carbons (Fsp3) is 0.571. The molecular weight excluding hydrogens is 333 g/mol. The summed E-state index contributed by atoms with van der Waals surface area (Å²) in [5.74, 6) is 0. The summed E-state index contributed by atoms with van der Waals surface area (Å²) in [6.07, 6.45) is -2.41. The Morgan fingerprint density at radius 2 is 2.10 bits per heavy atom. The van der Waals surface area contributed by atoms with Gasteiger partial charge in [0.15, 0.2) is 0 Å². The average molecular weight is 351 g/mol. The SMILES string of the molecule is CCC1CN(c2cc(Br)cc(C(F)(F)F)c2)CCCN1. The Kier molecular flexibility index (Phi) is 4.96. The molecule has 1 saturated heterocycles. The first-order valence-electron chi connectivity index (χ1n) is 6.76. The Balaban J connectivity index is 2.29. The summed E-state index contributed by atoms with van der Waals surface area (Å²) in [5, 5.41) is 3.41. The molecule has 2 rings (SSSR count). The molecule has 1 unspecified atom stereocenters. The molecule has 1 atom stereocenters. The molecule has 1 fully saturated rings. The second kappa shape index (κ2) is 6.35. The molecule has 20 heavy (non-hydrogen) atoms. The number of hydrogen-bond acceptors (Lipinski definition) is 2. The van der Waals surface area contributed by atoms with E-state index in [0.29, 0.717) is 16.2 Å². The number of nitrogens with one attached hydrogen (secondary N) is 1. The number of benzene rings is 1. The third-order valence-corrected chi connectivity index (χ3v) is 4.00. The maximum atomic E-state index is 12.9. The van der Waals surface area contributed by atoms with Crippen LogP contribution in [0.15, 0.2) is 22.7 Å². The zero-order valence-electron chi connectivity index (χ0n) is 11.3. The summed E-state index contributed by atoms with van der Waals surface area (Å²) >= 11 is 3.18. The summed E-state index contributed by atoms with van der Waals surface area (Å²) in [4.78, 5) is 2.04. The first kappa shape index (κ1) is 15.6. The molecule has 1 aliphatic rings. The van der Waals surface area contributed by atoms with E-state index in [-0.39, 0.29) is 0 Å². The molecule has 0 aromatic heterocycles. The van der Waals surface area contributed by atoms with E-state index >= 15 is 0 Å². The lowest BCUT2D eigenvalue weighted by Gasteiger charge is -2.27. The van der Waals surface area contributed by atoms with Gasteiger partial charge >= 0.3 is 6.18 Å². The van der Waals surface area contributed by atoms with Gasteiger partial charge in [0, 0.05) is 29.3 Å². The number of alkyl halides is 3. The zero-order valence-corrected chi connectivity index (χ0v) is 12.9. The van der Waals surface area contributed by atoms with Crippen molar-refractivity contribution in [3.05, 3.63) is 28.2 Å². The summed E-state index contributed by atoms with van der Waals surface area (Å²) in [7, 11) is 0. The third-order valence-electron chi connectivity index (χ3n) is 3.55. The van der Waals surface area contributed by atoms with Crippen molar-refractivity contribution in [1.82, 2.24) is 5.32 Å². The molecule has 1 aromatic rings. The van der Waals surface area contributed by atoms with Crippen LogP contribution in [0.2, 0.25) is 0 Å². The van der Waals surface area contributed by atoms with Crippen molar-refractivity contribution in [3.8, 4) is 0 Å². The largest absolute Gasteiger partial charge is 0.416 e. The summed E-state index contributed by atoms with van der Waals surface area (Å²) in [6.45, 7) is 4.51. The molecule has 1 heterocycles. The van der Waals surface area contributed by atoms with Gasteiger partial charge in [0.05, 0.1) is 5.56 Å². The Morgan fingerprint density at radius 1 is 1.35 bits per heavy atom. The molecule has 0 amide bonds. The van der Waals surface area contributed by atoms with Crippen molar-refractivity contribution in [3.63, 3.8) is 0 Å². The van der Waals surface area contributed by atoms with Crippen LogP contribution in [0.4, 0.5) is 18.9 Å². The van der Waals surface area contributed by atoms with Gasteiger partial charge in [0.2, 0.25) is 0 Å². The first-order chi connectivity index (χ1) is 9.40. The van der Waals surface area contributed by atoms with Gasteiger partial charge < -0.3 is 10.2 Å². The maximum absolute atomic E-state index is 12.9. The van der Waals surface area contributed by atoms with Crippen LogP contribution in [0.25, 0.3) is 0 Å². The van der Waals surface area contributed by atoms with Crippen LogP contribution in [-0.2, 0) is 6.18 Å². The Hall–Kier alpha value is -0.750. The average Bonchev–Trinajstić information content (AvgIpc) is 2.62. The lowest BCUT2D eigenvalue weighted by atomic mass is 10.1. The minimum Gasteiger partial charge on any atom is -0.370 e. The highest BCUT2D eigenvalue weighted by atomic mass is 79.9. The number of rotatable bonds is 2. The van der Waals surface area contributed by atoms with Gasteiger partial charge in [0.25, 0.3) is 0 Å². The van der Waals surface area contributed by atoms with E-state index in [1.54, 1.807) is 6.07 Å². The molecule has 0 aliphatic carbocycles. The monoisotopic (exact) mass is 350 g/mol. The maximum Gasteiger partial charge on any atom is 0.416 e. The highest BCUT2D eigenvalue weighted by Gasteiger charge is 2.31. The Bertz CT molecular complexity index is 462. The van der Waals surface area contributed by atoms with Crippen LogP contribution in [0.5, 0.6) is 0 Å². The fourth-order valence-electron chi connectivity index (χ4n) is 2.43. The van der Waals surface area contributed by atoms with Crippen molar-refractivity contribution in [1.29, 1.82) is 0 Å². The molecule has 112 valence electrons. The summed E-state index contributed by atoms with van der Waals surface area (Å²) in [6, 6.07) is 4.44. The molecule has 2 nitrogen and oxygen atoms in total. The standard InChI is InChI=1S/C14H18BrF3N2/c1-2-12-9-20(5-3-4-19-12)13-7-10(14(16,17)18)6-11(15)8-13/h6-8,12,19H,2-5,9H2,1H3. The molecule has 0 spiro atoms. The van der Waals surface area contributed by atoms with Crippen molar-refractivity contribution >= 4 is 21.6 Å². The lowest BCUT2D eigenvalue weighted by Crippen LogP contribution is -2.37. The summed E-state index contributed by atoms with van der Waals surface area (Å²) < 4.78 is 39.1. The van der Waals surface area contributed by atoms with Gasteiger partial charge in [0.1, 0.15) is 0 Å². The van der Waals surface area contributed by atoms with Crippen molar-refractivity contribution in [2.24, 2.45) is 0 Å². The van der Waals surface area contributed by atoms with Gasteiger partial charge in [-0.05, 0) is 37.6 Å². The lowest BCUT2D eigenvalue weighted by molar-refractivity contribution is -0.137. The van der Waals surface area contributed by atoms with E-state index in [2.05, 4.69) is 28.2 Å². The highest BCUT2D eigenvalue weighted by molar-refractivity contribution is 9.10. The molecule has 1 N–H and O–H groups in total. The van der Waals surface area contributed by atoms with Crippen LogP contribution in [0, 0.1) is 0 Å². The molecule has 6 heteroatoms. The van der Waals surface area contributed by atoms with Gasteiger partial charge in [-0.15, -0.1) is 0 Å². The number of anilines is 1. The molecule has 0 saturated carbocycles. The van der Waals surface area contributed by atoms with E-state index in [9.17, 15) is 13.2 Å². The quantitative estimate of drug-likeness (QED) is 0.865. The van der Waals surface area contributed by atoms with Gasteiger partial charge in [-0.1, -0.05) is 22.9 Å². The molecule has 0 bridgehead atoms. The fourth-order valence-corrected chi connectivity index (χ4v) is 2.91. The van der Waals surface area contributed by atoms with Gasteiger partial charge in [-0.25, -0.2) is 0 Å². The van der Waals surface area contributed by atoms with Gasteiger partial charge in [-0.2, -0.15) is 13.2 Å². The van der Waals surface area contributed by atoms with E-state index in [1.165, 1.54) is 6.07 Å². The Labute approximate surface area is 125 Å². The molecule has 1 aliphatic heterocycles. The van der Waals surface area contributed by atoms with E-state index in [1.807, 2.05) is 4.90 Å². The van der Waals surface area contributed by atoms with Crippen LogP contribution < -0.4 is 10.2 Å². The van der Waals surface area contributed by atoms with Crippen molar-refractivity contribution in [2.75, 3.05) is 24.5 Å².